The standard InChI is InChI=1S/C15H12BrCl2F2N/c1-15(21,7-8-2-3-13(19)10(16)4-8)9-5-14(20)12(18)6-11(9)17/h2-6H,7,21H2,1H3. The van der Waals surface area contributed by atoms with Gasteiger partial charge in [-0.05, 0) is 64.7 Å². The van der Waals surface area contributed by atoms with E-state index in [9.17, 15) is 8.78 Å². The monoisotopic (exact) mass is 393 g/mol. The average molecular weight is 395 g/mol. The second-order valence-electron chi connectivity index (χ2n) is 5.09. The maximum absolute atomic E-state index is 13.6. The van der Waals surface area contributed by atoms with Gasteiger partial charge in [0, 0.05) is 10.6 Å². The maximum atomic E-state index is 13.6. The molecule has 2 aromatic carbocycles. The number of hydrogen-bond donors (Lipinski definition) is 1. The molecule has 112 valence electrons. The van der Waals surface area contributed by atoms with E-state index in [0.717, 1.165) is 5.56 Å². The zero-order valence-corrected chi connectivity index (χ0v) is 14.2. The molecule has 0 heterocycles. The first-order chi connectivity index (χ1) is 9.70. The maximum Gasteiger partial charge on any atom is 0.142 e. The Labute approximate surface area is 140 Å². The summed E-state index contributed by atoms with van der Waals surface area (Å²) in [5, 5.41) is 0.247. The topological polar surface area (TPSA) is 26.0 Å². The molecule has 21 heavy (non-hydrogen) atoms. The second-order valence-corrected chi connectivity index (χ2v) is 6.76. The fourth-order valence-electron chi connectivity index (χ4n) is 2.13. The van der Waals surface area contributed by atoms with Crippen molar-refractivity contribution in [3.63, 3.8) is 0 Å². The van der Waals surface area contributed by atoms with Crippen LogP contribution < -0.4 is 5.73 Å². The number of rotatable bonds is 3. The summed E-state index contributed by atoms with van der Waals surface area (Å²) in [5.74, 6) is -0.930. The van der Waals surface area contributed by atoms with Crippen LogP contribution in [0.4, 0.5) is 8.78 Å². The minimum absolute atomic E-state index is 0.0518. The van der Waals surface area contributed by atoms with Crippen molar-refractivity contribution < 1.29 is 8.78 Å². The highest BCUT2D eigenvalue weighted by atomic mass is 79.9. The van der Waals surface area contributed by atoms with E-state index in [1.54, 1.807) is 19.1 Å². The smallest absolute Gasteiger partial charge is 0.142 e. The highest BCUT2D eigenvalue weighted by Crippen LogP contribution is 2.33. The minimum Gasteiger partial charge on any atom is -0.321 e. The predicted octanol–water partition coefficient (Wildman–Crippen LogP) is 5.45. The van der Waals surface area contributed by atoms with Crippen LogP contribution in [-0.4, -0.2) is 0 Å². The zero-order valence-electron chi connectivity index (χ0n) is 11.1. The van der Waals surface area contributed by atoms with E-state index in [1.807, 2.05) is 0 Å². The summed E-state index contributed by atoms with van der Waals surface area (Å²) in [6.07, 6.45) is 0.368. The predicted molar refractivity (Wildman–Crippen MR) is 85.8 cm³/mol. The zero-order chi connectivity index (χ0) is 15.8. The molecule has 6 heteroatoms. The second kappa shape index (κ2) is 6.21. The van der Waals surface area contributed by atoms with Gasteiger partial charge in [-0.15, -0.1) is 0 Å². The van der Waals surface area contributed by atoms with E-state index in [-0.39, 0.29) is 10.8 Å². The third kappa shape index (κ3) is 3.75. The molecule has 0 aromatic heterocycles. The van der Waals surface area contributed by atoms with Crippen molar-refractivity contribution in [2.45, 2.75) is 18.9 Å². The molecule has 0 aliphatic heterocycles. The molecule has 1 unspecified atom stereocenters. The molecule has 0 amide bonds. The molecule has 1 atom stereocenters. The summed E-state index contributed by atoms with van der Waals surface area (Å²) in [6, 6.07) is 7.19. The van der Waals surface area contributed by atoms with Crippen molar-refractivity contribution in [1.29, 1.82) is 0 Å². The summed E-state index contributed by atoms with van der Waals surface area (Å²) < 4.78 is 27.2. The number of nitrogens with two attached hydrogens (primary N) is 1. The van der Waals surface area contributed by atoms with Gasteiger partial charge in [0.25, 0.3) is 0 Å². The van der Waals surface area contributed by atoms with Crippen molar-refractivity contribution in [2.24, 2.45) is 5.73 Å². The lowest BCUT2D eigenvalue weighted by Crippen LogP contribution is -2.36. The summed E-state index contributed by atoms with van der Waals surface area (Å²) in [4.78, 5) is 0. The van der Waals surface area contributed by atoms with Crippen LogP contribution in [0.5, 0.6) is 0 Å². The molecule has 0 spiro atoms. The molecular formula is C15H12BrCl2F2N. The lowest BCUT2D eigenvalue weighted by molar-refractivity contribution is 0.486. The van der Waals surface area contributed by atoms with E-state index in [2.05, 4.69) is 15.9 Å². The molecule has 0 aliphatic rings. The molecule has 2 rings (SSSR count). The van der Waals surface area contributed by atoms with Crippen LogP contribution in [0.1, 0.15) is 18.1 Å². The molecule has 2 aromatic rings. The van der Waals surface area contributed by atoms with Gasteiger partial charge in [0.2, 0.25) is 0 Å². The lowest BCUT2D eigenvalue weighted by atomic mass is 9.86. The first-order valence-electron chi connectivity index (χ1n) is 6.08. The summed E-state index contributed by atoms with van der Waals surface area (Å²) in [7, 11) is 0. The van der Waals surface area contributed by atoms with Gasteiger partial charge in [-0.25, -0.2) is 8.78 Å². The quantitative estimate of drug-likeness (QED) is 0.688. The average Bonchev–Trinajstić information content (AvgIpc) is 2.37. The highest BCUT2D eigenvalue weighted by molar-refractivity contribution is 9.10. The van der Waals surface area contributed by atoms with Crippen molar-refractivity contribution in [2.75, 3.05) is 0 Å². The van der Waals surface area contributed by atoms with Gasteiger partial charge in [-0.1, -0.05) is 29.3 Å². The van der Waals surface area contributed by atoms with E-state index < -0.39 is 11.4 Å². The van der Waals surface area contributed by atoms with Crippen LogP contribution in [0.25, 0.3) is 0 Å². The van der Waals surface area contributed by atoms with Crippen LogP contribution in [0.3, 0.4) is 0 Å². The third-order valence-electron chi connectivity index (χ3n) is 3.18. The molecule has 1 nitrogen and oxygen atoms in total. The van der Waals surface area contributed by atoms with Gasteiger partial charge in [-0.2, -0.15) is 0 Å². The Bertz CT molecular complexity index is 690. The SMILES string of the molecule is CC(N)(Cc1ccc(F)c(Br)c1)c1cc(F)c(Cl)cc1Cl. The summed E-state index contributed by atoms with van der Waals surface area (Å²) in [5.41, 5.74) is 6.61. The van der Waals surface area contributed by atoms with Crippen LogP contribution >= 0.6 is 39.1 Å². The summed E-state index contributed by atoms with van der Waals surface area (Å²) >= 11 is 14.9. The molecular weight excluding hydrogens is 383 g/mol. The number of halogens is 5. The third-order valence-corrected chi connectivity index (χ3v) is 4.39. The molecule has 0 radical (unpaired) electrons. The number of hydrogen-bond acceptors (Lipinski definition) is 1. The fourth-order valence-corrected chi connectivity index (χ4v) is 3.15. The molecule has 0 bridgehead atoms. The van der Waals surface area contributed by atoms with Crippen molar-refractivity contribution in [3.05, 3.63) is 67.6 Å². The van der Waals surface area contributed by atoms with E-state index in [4.69, 9.17) is 28.9 Å². The first kappa shape index (κ1) is 16.7. The van der Waals surface area contributed by atoms with Crippen LogP contribution in [0.15, 0.2) is 34.8 Å². The molecule has 0 saturated heterocycles. The Kier molecular flexibility index (Phi) is 4.93. The van der Waals surface area contributed by atoms with Crippen LogP contribution in [0.2, 0.25) is 10.0 Å². The Balaban J connectivity index is 2.37. The lowest BCUT2D eigenvalue weighted by Gasteiger charge is -2.27. The van der Waals surface area contributed by atoms with Gasteiger partial charge in [-0.3, -0.25) is 0 Å². The Hall–Kier alpha value is -0.680. The molecule has 0 fully saturated rings. The summed E-state index contributed by atoms with van der Waals surface area (Å²) in [6.45, 7) is 1.73. The van der Waals surface area contributed by atoms with Crippen LogP contribution in [-0.2, 0) is 12.0 Å². The normalized spacial score (nSPS) is 14.0. The minimum atomic E-state index is -0.917. The first-order valence-corrected chi connectivity index (χ1v) is 7.63. The van der Waals surface area contributed by atoms with Crippen LogP contribution in [0, 0.1) is 11.6 Å². The largest absolute Gasteiger partial charge is 0.321 e. The van der Waals surface area contributed by atoms with Gasteiger partial charge in [0.05, 0.1) is 9.50 Å². The highest BCUT2D eigenvalue weighted by Gasteiger charge is 2.26. The van der Waals surface area contributed by atoms with Gasteiger partial charge < -0.3 is 5.73 Å². The van der Waals surface area contributed by atoms with E-state index in [1.165, 1.54) is 18.2 Å². The van der Waals surface area contributed by atoms with Gasteiger partial charge >= 0.3 is 0 Å². The van der Waals surface area contributed by atoms with Gasteiger partial charge in [0.15, 0.2) is 0 Å². The molecule has 0 saturated carbocycles. The molecule has 2 N–H and O–H groups in total. The van der Waals surface area contributed by atoms with E-state index >= 15 is 0 Å². The fraction of sp³-hybridized carbons (Fsp3) is 0.200. The van der Waals surface area contributed by atoms with Gasteiger partial charge in [0.1, 0.15) is 11.6 Å². The van der Waals surface area contributed by atoms with E-state index in [0.29, 0.717) is 21.5 Å². The Morgan fingerprint density at radius 3 is 2.38 bits per heavy atom. The molecule has 0 aliphatic carbocycles. The van der Waals surface area contributed by atoms with Crippen molar-refractivity contribution >= 4 is 39.1 Å². The van der Waals surface area contributed by atoms with Crippen molar-refractivity contribution in [1.82, 2.24) is 0 Å². The Morgan fingerprint density at radius 2 is 1.76 bits per heavy atom. The van der Waals surface area contributed by atoms with Crippen molar-refractivity contribution in [3.8, 4) is 0 Å². The number of benzene rings is 2. The Morgan fingerprint density at radius 1 is 1.10 bits per heavy atom.